The van der Waals surface area contributed by atoms with Crippen LogP contribution >= 0.6 is 11.6 Å². The number of hydrogen-bond donors (Lipinski definition) is 1. The molecule has 3 aromatic rings. The summed E-state index contributed by atoms with van der Waals surface area (Å²) in [6, 6.07) is 23.4. The number of fused-ring (bicyclic) bond motifs is 1. The number of amides is 1. The van der Waals surface area contributed by atoms with E-state index in [0.29, 0.717) is 11.6 Å². The molecule has 0 bridgehead atoms. The van der Waals surface area contributed by atoms with Crippen LogP contribution in [-0.2, 0) is 17.8 Å². The largest absolute Gasteiger partial charge is 0.487 e. The average molecular weight is 394 g/mol. The Kier molecular flexibility index (Phi) is 5.49. The molecule has 142 valence electrons. The highest BCUT2D eigenvalue weighted by molar-refractivity contribution is 6.30. The maximum atomic E-state index is 12.0. The Bertz CT molecular complexity index is 975. The molecule has 0 spiro atoms. The molecular formula is C23H20ClNO3. The summed E-state index contributed by atoms with van der Waals surface area (Å²) in [6.07, 6.45) is 0.168. The van der Waals surface area contributed by atoms with Gasteiger partial charge in [0, 0.05) is 17.0 Å². The number of hydrogen-bond acceptors (Lipinski definition) is 3. The van der Waals surface area contributed by atoms with Crippen LogP contribution in [0, 0.1) is 0 Å². The minimum atomic E-state index is -0.446. The number of alkyl carbamates (subject to hydrolysis) is 1. The Balaban J connectivity index is 1.35. The molecule has 4 nitrogen and oxygen atoms in total. The standard InChI is InChI=1S/C23H20ClNO3/c24-19-10-4-8-17(12-19)21-11-5-9-18-13-20(28-22(18)21)14-25-23(26)27-15-16-6-2-1-3-7-16/h1-12,20H,13-15H2,(H,25,26). The number of benzene rings is 3. The first-order valence-corrected chi connectivity index (χ1v) is 9.56. The van der Waals surface area contributed by atoms with Gasteiger partial charge in [0.25, 0.3) is 0 Å². The van der Waals surface area contributed by atoms with Crippen molar-refractivity contribution < 1.29 is 14.3 Å². The van der Waals surface area contributed by atoms with Crippen molar-refractivity contribution in [3.63, 3.8) is 0 Å². The van der Waals surface area contributed by atoms with Crippen molar-refractivity contribution in [1.82, 2.24) is 5.32 Å². The zero-order chi connectivity index (χ0) is 19.3. The normalized spacial score (nSPS) is 14.8. The van der Waals surface area contributed by atoms with Crippen molar-refractivity contribution in [3.05, 3.63) is 88.9 Å². The van der Waals surface area contributed by atoms with Crippen LogP contribution in [0.3, 0.4) is 0 Å². The van der Waals surface area contributed by atoms with E-state index in [-0.39, 0.29) is 12.7 Å². The third-order valence-electron chi connectivity index (χ3n) is 4.65. The molecular weight excluding hydrogens is 374 g/mol. The third-order valence-corrected chi connectivity index (χ3v) is 4.89. The molecule has 1 aliphatic rings. The van der Waals surface area contributed by atoms with E-state index in [4.69, 9.17) is 21.1 Å². The van der Waals surface area contributed by atoms with Gasteiger partial charge in [-0.3, -0.25) is 0 Å². The van der Waals surface area contributed by atoms with E-state index in [0.717, 1.165) is 34.4 Å². The fraction of sp³-hybridized carbons (Fsp3) is 0.174. The molecule has 0 aromatic heterocycles. The minimum absolute atomic E-state index is 0.125. The first-order valence-electron chi connectivity index (χ1n) is 9.18. The molecule has 1 atom stereocenters. The highest BCUT2D eigenvalue weighted by Crippen LogP contribution is 2.39. The number of para-hydroxylation sites is 1. The molecule has 0 aliphatic carbocycles. The van der Waals surface area contributed by atoms with E-state index in [9.17, 15) is 4.79 Å². The number of halogens is 1. The van der Waals surface area contributed by atoms with Crippen LogP contribution in [0.15, 0.2) is 72.8 Å². The summed E-state index contributed by atoms with van der Waals surface area (Å²) in [5.74, 6) is 0.856. The van der Waals surface area contributed by atoms with Crippen molar-refractivity contribution in [2.24, 2.45) is 0 Å². The van der Waals surface area contributed by atoms with Crippen LogP contribution in [0.5, 0.6) is 5.75 Å². The average Bonchev–Trinajstić information content (AvgIpc) is 3.14. The van der Waals surface area contributed by atoms with Crippen LogP contribution in [0.25, 0.3) is 11.1 Å². The van der Waals surface area contributed by atoms with E-state index in [1.165, 1.54) is 0 Å². The van der Waals surface area contributed by atoms with E-state index >= 15 is 0 Å². The molecule has 5 heteroatoms. The zero-order valence-corrected chi connectivity index (χ0v) is 16.0. The van der Waals surface area contributed by atoms with Crippen molar-refractivity contribution >= 4 is 17.7 Å². The number of ether oxygens (including phenoxy) is 2. The van der Waals surface area contributed by atoms with Crippen LogP contribution < -0.4 is 10.1 Å². The van der Waals surface area contributed by atoms with Crippen LogP contribution in [0.4, 0.5) is 4.79 Å². The van der Waals surface area contributed by atoms with E-state index in [1.54, 1.807) is 0 Å². The molecule has 4 rings (SSSR count). The Hall–Kier alpha value is -2.98. The topological polar surface area (TPSA) is 47.6 Å². The fourth-order valence-corrected chi connectivity index (χ4v) is 3.50. The highest BCUT2D eigenvalue weighted by atomic mass is 35.5. The second kappa shape index (κ2) is 8.36. The minimum Gasteiger partial charge on any atom is -0.487 e. The first-order chi connectivity index (χ1) is 13.7. The van der Waals surface area contributed by atoms with Crippen molar-refractivity contribution in [2.45, 2.75) is 19.1 Å². The fourth-order valence-electron chi connectivity index (χ4n) is 3.31. The predicted octanol–water partition coefficient (Wildman–Crippen LogP) is 5.24. The lowest BCUT2D eigenvalue weighted by Gasteiger charge is -2.14. The predicted molar refractivity (Wildman–Crippen MR) is 110 cm³/mol. The van der Waals surface area contributed by atoms with E-state index in [1.807, 2.05) is 66.7 Å². The summed E-state index contributed by atoms with van der Waals surface area (Å²) >= 11 is 6.13. The third kappa shape index (κ3) is 4.29. The van der Waals surface area contributed by atoms with Gasteiger partial charge in [-0.05, 0) is 28.8 Å². The van der Waals surface area contributed by atoms with Gasteiger partial charge in [0.15, 0.2) is 0 Å². The molecule has 1 heterocycles. The molecule has 0 radical (unpaired) electrons. The molecule has 1 N–H and O–H groups in total. The van der Waals surface area contributed by atoms with Gasteiger partial charge in [0.2, 0.25) is 0 Å². The quantitative estimate of drug-likeness (QED) is 0.645. The summed E-state index contributed by atoms with van der Waals surface area (Å²) in [4.78, 5) is 12.0. The van der Waals surface area contributed by atoms with Gasteiger partial charge in [-0.2, -0.15) is 0 Å². The van der Waals surface area contributed by atoms with Crippen molar-refractivity contribution in [3.8, 4) is 16.9 Å². The summed E-state index contributed by atoms with van der Waals surface area (Å²) in [5.41, 5.74) is 4.10. The molecule has 0 saturated carbocycles. The zero-order valence-electron chi connectivity index (χ0n) is 15.2. The van der Waals surface area contributed by atoms with Gasteiger partial charge >= 0.3 is 6.09 Å². The summed E-state index contributed by atoms with van der Waals surface area (Å²) in [6.45, 7) is 0.634. The Morgan fingerprint density at radius 1 is 1.07 bits per heavy atom. The summed E-state index contributed by atoms with van der Waals surface area (Å²) in [7, 11) is 0. The van der Waals surface area contributed by atoms with Crippen LogP contribution in [0.1, 0.15) is 11.1 Å². The van der Waals surface area contributed by atoms with Gasteiger partial charge in [-0.25, -0.2) is 4.79 Å². The molecule has 3 aromatic carbocycles. The summed E-state index contributed by atoms with van der Waals surface area (Å²) in [5, 5.41) is 3.48. The van der Waals surface area contributed by atoms with Crippen LogP contribution in [0.2, 0.25) is 5.02 Å². The molecule has 1 amide bonds. The second-order valence-electron chi connectivity index (χ2n) is 6.69. The number of carbonyl (C=O) groups is 1. The molecule has 0 fully saturated rings. The van der Waals surface area contributed by atoms with Gasteiger partial charge in [0.1, 0.15) is 18.5 Å². The van der Waals surface area contributed by atoms with Crippen LogP contribution in [-0.4, -0.2) is 18.7 Å². The SMILES string of the molecule is O=C(NCC1Cc2cccc(-c3cccc(Cl)c3)c2O1)OCc1ccccc1. The second-order valence-corrected chi connectivity index (χ2v) is 7.13. The number of rotatable bonds is 5. The Labute approximate surface area is 169 Å². The molecule has 0 saturated heterocycles. The lowest BCUT2D eigenvalue weighted by molar-refractivity contribution is 0.133. The molecule has 1 unspecified atom stereocenters. The van der Waals surface area contributed by atoms with Gasteiger partial charge in [-0.15, -0.1) is 0 Å². The van der Waals surface area contributed by atoms with Crippen molar-refractivity contribution in [2.75, 3.05) is 6.54 Å². The maximum Gasteiger partial charge on any atom is 0.407 e. The molecule has 28 heavy (non-hydrogen) atoms. The maximum absolute atomic E-state index is 12.0. The van der Waals surface area contributed by atoms with Gasteiger partial charge < -0.3 is 14.8 Å². The number of carbonyl (C=O) groups excluding carboxylic acids is 1. The van der Waals surface area contributed by atoms with Crippen molar-refractivity contribution in [1.29, 1.82) is 0 Å². The highest BCUT2D eigenvalue weighted by Gasteiger charge is 2.26. The van der Waals surface area contributed by atoms with E-state index in [2.05, 4.69) is 11.4 Å². The monoisotopic (exact) mass is 393 g/mol. The first kappa shape index (κ1) is 18.4. The smallest absolute Gasteiger partial charge is 0.407 e. The molecule has 1 aliphatic heterocycles. The van der Waals surface area contributed by atoms with E-state index < -0.39 is 6.09 Å². The lowest BCUT2D eigenvalue weighted by Crippen LogP contribution is -2.34. The lowest BCUT2D eigenvalue weighted by atomic mass is 10.0. The number of nitrogens with one attached hydrogen (secondary N) is 1. The summed E-state index contributed by atoms with van der Waals surface area (Å²) < 4.78 is 11.4. The Morgan fingerprint density at radius 3 is 2.71 bits per heavy atom. The Morgan fingerprint density at radius 2 is 1.89 bits per heavy atom. The van der Waals surface area contributed by atoms with Gasteiger partial charge in [-0.1, -0.05) is 72.3 Å². The van der Waals surface area contributed by atoms with Gasteiger partial charge in [0.05, 0.1) is 6.54 Å².